The van der Waals surface area contributed by atoms with Crippen LogP contribution in [0.4, 0.5) is 4.39 Å². The Kier molecular flexibility index (Phi) is 7.84. The molecule has 0 aliphatic carbocycles. The van der Waals surface area contributed by atoms with Crippen LogP contribution in [0.3, 0.4) is 0 Å². The molecule has 5 heteroatoms. The number of ketones is 1. The van der Waals surface area contributed by atoms with Gasteiger partial charge >= 0.3 is 0 Å². The predicted octanol–water partition coefficient (Wildman–Crippen LogP) is 5.35. The zero-order chi connectivity index (χ0) is 23.0. The van der Waals surface area contributed by atoms with E-state index in [2.05, 4.69) is 16.9 Å². The first-order valence-electron chi connectivity index (χ1n) is 11.7. The number of nitrogens with zero attached hydrogens (tertiary/aromatic N) is 2. The molecule has 2 aromatic carbocycles. The number of carbonyl (C=O) groups excluding carboxylic acids is 1. The molecule has 172 valence electrons. The quantitative estimate of drug-likeness (QED) is 0.444. The lowest BCUT2D eigenvalue weighted by Crippen LogP contribution is -2.32. The van der Waals surface area contributed by atoms with Gasteiger partial charge in [-0.15, -0.1) is 0 Å². The summed E-state index contributed by atoms with van der Waals surface area (Å²) < 4.78 is 19.3. The first-order valence-corrected chi connectivity index (χ1v) is 11.7. The van der Waals surface area contributed by atoms with Crippen molar-refractivity contribution in [2.24, 2.45) is 5.92 Å². The average Bonchev–Trinajstić information content (AvgIpc) is 2.83. The van der Waals surface area contributed by atoms with Crippen LogP contribution >= 0.6 is 0 Å². The summed E-state index contributed by atoms with van der Waals surface area (Å²) in [7, 11) is 2.17. The molecule has 1 saturated heterocycles. The first-order chi connectivity index (χ1) is 16.0. The van der Waals surface area contributed by atoms with Gasteiger partial charge in [0.2, 0.25) is 0 Å². The van der Waals surface area contributed by atoms with Crippen molar-refractivity contribution in [3.63, 3.8) is 0 Å². The number of hydrogen-bond acceptors (Lipinski definition) is 4. The minimum Gasteiger partial charge on any atom is -0.493 e. The molecule has 1 aliphatic heterocycles. The van der Waals surface area contributed by atoms with Crippen LogP contribution in [0.1, 0.15) is 30.5 Å². The monoisotopic (exact) mass is 446 g/mol. The molecular weight excluding hydrogens is 415 g/mol. The zero-order valence-corrected chi connectivity index (χ0v) is 19.2. The van der Waals surface area contributed by atoms with Gasteiger partial charge in [0.05, 0.1) is 6.61 Å². The Morgan fingerprint density at radius 1 is 1.06 bits per heavy atom. The Morgan fingerprint density at radius 3 is 2.52 bits per heavy atom. The standard InChI is InChI=1S/C28H31FN2O2/c1-31-15-13-22(14-16-31)20-33-28-11-7-23(8-12-28)24-6-9-26(30-19-24)18-27(32)10-5-21-3-2-4-25(29)17-21/h2-4,6-9,11-12,17,19,22H,5,10,13-16,18,20H2,1H3. The van der Waals surface area contributed by atoms with Gasteiger partial charge in [-0.25, -0.2) is 4.39 Å². The fourth-order valence-electron chi connectivity index (χ4n) is 4.15. The van der Waals surface area contributed by atoms with Crippen LogP contribution < -0.4 is 4.74 Å². The number of aryl methyl sites for hydroxylation is 1. The summed E-state index contributed by atoms with van der Waals surface area (Å²) in [6.07, 6.45) is 5.41. The fourth-order valence-corrected chi connectivity index (χ4v) is 4.15. The second-order valence-corrected chi connectivity index (χ2v) is 8.97. The molecule has 0 bridgehead atoms. The minimum atomic E-state index is -0.269. The second kappa shape index (κ2) is 11.2. The summed E-state index contributed by atoms with van der Waals surface area (Å²) in [6, 6.07) is 18.4. The maximum atomic E-state index is 13.3. The van der Waals surface area contributed by atoms with Crippen molar-refractivity contribution >= 4 is 5.78 Å². The van der Waals surface area contributed by atoms with Crippen LogP contribution in [-0.4, -0.2) is 42.4 Å². The van der Waals surface area contributed by atoms with Crippen LogP contribution in [0.15, 0.2) is 66.9 Å². The van der Waals surface area contributed by atoms with Crippen LogP contribution in [0.25, 0.3) is 11.1 Å². The van der Waals surface area contributed by atoms with E-state index in [0.717, 1.165) is 47.8 Å². The molecular formula is C28H31FN2O2. The van der Waals surface area contributed by atoms with E-state index in [1.54, 1.807) is 6.07 Å². The molecule has 0 saturated carbocycles. The number of aromatic nitrogens is 1. The lowest BCUT2D eigenvalue weighted by atomic mass is 9.98. The Hall–Kier alpha value is -3.05. The van der Waals surface area contributed by atoms with E-state index in [-0.39, 0.29) is 11.6 Å². The molecule has 4 nitrogen and oxygen atoms in total. The van der Waals surface area contributed by atoms with Gasteiger partial charge in [-0.1, -0.05) is 30.3 Å². The molecule has 2 heterocycles. The van der Waals surface area contributed by atoms with E-state index < -0.39 is 0 Å². The van der Waals surface area contributed by atoms with Crippen molar-refractivity contribution in [3.8, 4) is 16.9 Å². The lowest BCUT2D eigenvalue weighted by Gasteiger charge is -2.28. The zero-order valence-electron chi connectivity index (χ0n) is 19.2. The Morgan fingerprint density at radius 2 is 1.82 bits per heavy atom. The minimum absolute atomic E-state index is 0.102. The van der Waals surface area contributed by atoms with Gasteiger partial charge in [0, 0.05) is 30.3 Å². The van der Waals surface area contributed by atoms with Gasteiger partial charge in [-0.3, -0.25) is 9.78 Å². The summed E-state index contributed by atoms with van der Waals surface area (Å²) in [5, 5.41) is 0. The summed E-state index contributed by atoms with van der Waals surface area (Å²) in [4.78, 5) is 19.1. The van der Waals surface area contributed by atoms with E-state index >= 15 is 0 Å². The number of piperidine rings is 1. The third kappa shape index (κ3) is 6.96. The topological polar surface area (TPSA) is 42.4 Å². The number of benzene rings is 2. The van der Waals surface area contributed by atoms with E-state index in [9.17, 15) is 9.18 Å². The summed E-state index contributed by atoms with van der Waals surface area (Å²) in [6.45, 7) is 3.07. The number of halogens is 1. The lowest BCUT2D eigenvalue weighted by molar-refractivity contribution is -0.118. The highest BCUT2D eigenvalue weighted by Crippen LogP contribution is 2.24. The SMILES string of the molecule is CN1CCC(COc2ccc(-c3ccc(CC(=O)CCc4cccc(F)c4)nc3)cc2)CC1. The van der Waals surface area contributed by atoms with Crippen LogP contribution in [0.5, 0.6) is 5.75 Å². The average molecular weight is 447 g/mol. The highest BCUT2D eigenvalue weighted by Gasteiger charge is 2.17. The van der Waals surface area contributed by atoms with E-state index in [1.807, 2.05) is 48.7 Å². The molecule has 1 aromatic heterocycles. The van der Waals surface area contributed by atoms with Crippen LogP contribution in [0, 0.1) is 11.7 Å². The molecule has 4 rings (SSSR count). The molecule has 0 atom stereocenters. The number of rotatable bonds is 9. The molecule has 0 amide bonds. The molecule has 0 radical (unpaired) electrons. The number of likely N-dealkylation sites (tertiary alicyclic amines) is 1. The largest absolute Gasteiger partial charge is 0.493 e. The van der Waals surface area contributed by atoms with Crippen molar-refractivity contribution in [2.45, 2.75) is 32.1 Å². The summed E-state index contributed by atoms with van der Waals surface area (Å²) in [5.74, 6) is 1.36. The Bertz CT molecular complexity index is 1040. The van der Waals surface area contributed by atoms with Gasteiger partial charge in [-0.2, -0.15) is 0 Å². The highest BCUT2D eigenvalue weighted by molar-refractivity contribution is 5.80. The molecule has 3 aromatic rings. The number of ether oxygens (including phenoxy) is 1. The van der Waals surface area contributed by atoms with Gasteiger partial charge in [-0.05, 0) is 86.8 Å². The Labute approximate surface area is 195 Å². The van der Waals surface area contributed by atoms with Crippen LogP contribution in [-0.2, 0) is 17.6 Å². The fraction of sp³-hybridized carbons (Fsp3) is 0.357. The van der Waals surface area contributed by atoms with Crippen molar-refractivity contribution < 1.29 is 13.9 Å². The van der Waals surface area contributed by atoms with Gasteiger partial charge in [0.25, 0.3) is 0 Å². The highest BCUT2D eigenvalue weighted by atomic mass is 19.1. The van der Waals surface area contributed by atoms with Crippen LogP contribution in [0.2, 0.25) is 0 Å². The van der Waals surface area contributed by atoms with Gasteiger partial charge < -0.3 is 9.64 Å². The maximum absolute atomic E-state index is 13.3. The molecule has 1 fully saturated rings. The first kappa shape index (κ1) is 23.1. The number of carbonyl (C=O) groups is 1. The van der Waals surface area contributed by atoms with E-state index in [1.165, 1.54) is 25.0 Å². The summed E-state index contributed by atoms with van der Waals surface area (Å²) >= 11 is 0. The van der Waals surface area contributed by atoms with Crippen molar-refractivity contribution in [1.82, 2.24) is 9.88 Å². The normalized spacial score (nSPS) is 14.8. The van der Waals surface area contributed by atoms with Crippen molar-refractivity contribution in [2.75, 3.05) is 26.7 Å². The third-order valence-electron chi connectivity index (χ3n) is 6.30. The third-order valence-corrected chi connectivity index (χ3v) is 6.30. The van der Waals surface area contributed by atoms with Gasteiger partial charge in [0.1, 0.15) is 17.3 Å². The number of pyridine rings is 1. The van der Waals surface area contributed by atoms with E-state index in [4.69, 9.17) is 4.74 Å². The Balaban J connectivity index is 1.25. The molecule has 0 spiro atoms. The van der Waals surface area contributed by atoms with Crippen molar-refractivity contribution in [1.29, 1.82) is 0 Å². The van der Waals surface area contributed by atoms with Crippen molar-refractivity contribution in [3.05, 3.63) is 83.9 Å². The second-order valence-electron chi connectivity index (χ2n) is 8.97. The molecule has 33 heavy (non-hydrogen) atoms. The van der Waals surface area contributed by atoms with E-state index in [0.29, 0.717) is 25.2 Å². The molecule has 1 aliphatic rings. The predicted molar refractivity (Wildman–Crippen MR) is 129 cm³/mol. The molecule has 0 unspecified atom stereocenters. The smallest absolute Gasteiger partial charge is 0.139 e. The maximum Gasteiger partial charge on any atom is 0.139 e. The number of hydrogen-bond donors (Lipinski definition) is 0. The summed E-state index contributed by atoms with van der Waals surface area (Å²) in [5.41, 5.74) is 3.66. The van der Waals surface area contributed by atoms with Gasteiger partial charge in [0.15, 0.2) is 0 Å². The molecule has 0 N–H and O–H groups in total. The number of Topliss-reactive ketones (excluding diaryl/α,β-unsaturated/α-hetero) is 1.